The molecule has 5 nitrogen and oxygen atoms in total. The lowest BCUT2D eigenvalue weighted by molar-refractivity contribution is -0.128. The van der Waals surface area contributed by atoms with E-state index >= 15 is 0 Å². The fraction of sp³-hybridized carbons (Fsp3) is 0.412. The van der Waals surface area contributed by atoms with Crippen molar-refractivity contribution in [3.8, 4) is 5.75 Å². The molecule has 0 saturated carbocycles. The van der Waals surface area contributed by atoms with Crippen molar-refractivity contribution < 1.29 is 23.1 Å². The lowest BCUT2D eigenvalue weighted by Gasteiger charge is -2.08. The molecule has 0 saturated heterocycles. The average Bonchev–Trinajstić information content (AvgIpc) is 2.53. The summed E-state index contributed by atoms with van der Waals surface area (Å²) in [4.78, 5) is 21.4. The molecule has 1 heterocycles. The van der Waals surface area contributed by atoms with E-state index in [1.54, 1.807) is 0 Å². The lowest BCUT2D eigenvalue weighted by atomic mass is 10.1. The zero-order valence-electron chi connectivity index (χ0n) is 12.8. The highest BCUT2D eigenvalue weighted by atomic mass is 19.1. The predicted octanol–water partition coefficient (Wildman–Crippen LogP) is 3.43. The van der Waals surface area contributed by atoms with Gasteiger partial charge in [0.05, 0.1) is 24.7 Å². The van der Waals surface area contributed by atoms with Crippen LogP contribution < -0.4 is 10.4 Å². The van der Waals surface area contributed by atoms with Crippen molar-refractivity contribution in [1.82, 2.24) is 0 Å². The maximum atomic E-state index is 13.3. The van der Waals surface area contributed by atoms with Gasteiger partial charge < -0.3 is 13.9 Å². The van der Waals surface area contributed by atoms with Gasteiger partial charge in [-0.2, -0.15) is 0 Å². The first-order valence-corrected chi connectivity index (χ1v) is 7.62. The van der Waals surface area contributed by atoms with E-state index in [9.17, 15) is 14.0 Å². The van der Waals surface area contributed by atoms with E-state index in [1.807, 2.05) is 0 Å². The molecule has 2 rings (SSSR count). The molecule has 0 fully saturated rings. The maximum absolute atomic E-state index is 13.3. The van der Waals surface area contributed by atoms with Crippen molar-refractivity contribution in [2.45, 2.75) is 32.1 Å². The molecule has 1 aromatic heterocycles. The summed E-state index contributed by atoms with van der Waals surface area (Å²) in [7, 11) is 0. The summed E-state index contributed by atoms with van der Waals surface area (Å²) in [5.74, 6) is -0.0659. The van der Waals surface area contributed by atoms with Gasteiger partial charge in [0.25, 0.3) is 6.47 Å². The highest BCUT2D eigenvalue weighted by Gasteiger charge is 2.07. The Kier molecular flexibility index (Phi) is 6.59. The van der Waals surface area contributed by atoms with Crippen LogP contribution in [0.15, 0.2) is 33.5 Å². The van der Waals surface area contributed by atoms with Crippen LogP contribution in [0, 0.1) is 5.82 Å². The van der Waals surface area contributed by atoms with Crippen molar-refractivity contribution in [2.75, 3.05) is 13.2 Å². The molecule has 2 aromatic rings. The smallest absolute Gasteiger partial charge is 0.339 e. The highest BCUT2D eigenvalue weighted by molar-refractivity contribution is 5.83. The summed E-state index contributed by atoms with van der Waals surface area (Å²) >= 11 is 0. The van der Waals surface area contributed by atoms with E-state index in [2.05, 4.69) is 4.74 Å². The molecule has 0 radical (unpaired) electrons. The van der Waals surface area contributed by atoms with Crippen LogP contribution >= 0.6 is 0 Å². The Morgan fingerprint density at radius 1 is 1.04 bits per heavy atom. The van der Waals surface area contributed by atoms with E-state index in [4.69, 9.17) is 9.15 Å². The van der Waals surface area contributed by atoms with Gasteiger partial charge in [-0.15, -0.1) is 0 Å². The van der Waals surface area contributed by atoms with Gasteiger partial charge in [-0.1, -0.05) is 19.3 Å². The van der Waals surface area contributed by atoms with Gasteiger partial charge in [0.2, 0.25) is 0 Å². The van der Waals surface area contributed by atoms with E-state index in [-0.39, 0.29) is 0 Å². The molecule has 6 heteroatoms. The van der Waals surface area contributed by atoms with Crippen molar-refractivity contribution in [3.05, 3.63) is 40.5 Å². The predicted molar refractivity (Wildman–Crippen MR) is 83.0 cm³/mol. The first-order valence-electron chi connectivity index (χ1n) is 7.62. The minimum Gasteiger partial charge on any atom is -0.493 e. The van der Waals surface area contributed by atoms with Crippen LogP contribution in [0.3, 0.4) is 0 Å². The minimum atomic E-state index is -0.519. The zero-order chi connectivity index (χ0) is 16.5. The van der Waals surface area contributed by atoms with Gasteiger partial charge >= 0.3 is 5.63 Å². The maximum Gasteiger partial charge on any atom is 0.339 e. The average molecular weight is 322 g/mol. The summed E-state index contributed by atoms with van der Waals surface area (Å²) in [6, 6.07) is 5.18. The molecular weight excluding hydrogens is 303 g/mol. The second kappa shape index (κ2) is 8.92. The molecule has 0 aliphatic heterocycles. The Morgan fingerprint density at radius 2 is 1.78 bits per heavy atom. The molecule has 0 spiro atoms. The molecule has 1 aromatic carbocycles. The fourth-order valence-electron chi connectivity index (χ4n) is 2.27. The molecule has 0 N–H and O–H groups in total. The van der Waals surface area contributed by atoms with Crippen molar-refractivity contribution in [1.29, 1.82) is 0 Å². The number of carbonyl (C=O) groups is 1. The molecule has 0 aliphatic rings. The molecule has 0 aliphatic carbocycles. The Balaban J connectivity index is 1.80. The number of hydrogen-bond acceptors (Lipinski definition) is 5. The molecule has 0 bridgehead atoms. The normalized spacial score (nSPS) is 10.7. The Hall–Kier alpha value is -2.37. The molecule has 124 valence electrons. The van der Waals surface area contributed by atoms with Crippen LogP contribution in [-0.2, 0) is 9.53 Å². The number of ether oxygens (including phenoxy) is 2. The zero-order valence-corrected chi connectivity index (χ0v) is 12.8. The highest BCUT2D eigenvalue weighted by Crippen LogP contribution is 2.24. The quantitative estimate of drug-likeness (QED) is 0.381. The number of halogens is 1. The van der Waals surface area contributed by atoms with E-state index in [0.717, 1.165) is 32.1 Å². The lowest BCUT2D eigenvalue weighted by Crippen LogP contribution is -2.03. The van der Waals surface area contributed by atoms with Crippen LogP contribution in [0.4, 0.5) is 4.39 Å². The van der Waals surface area contributed by atoms with E-state index < -0.39 is 11.4 Å². The summed E-state index contributed by atoms with van der Waals surface area (Å²) in [5.41, 5.74) is -0.210. The van der Waals surface area contributed by atoms with E-state index in [1.165, 1.54) is 24.3 Å². The van der Waals surface area contributed by atoms with Gasteiger partial charge in [-0.25, -0.2) is 9.18 Å². The molecule has 0 atom stereocenters. The number of hydrogen-bond donors (Lipinski definition) is 0. The number of carbonyl (C=O) groups excluding carboxylic acids is 1. The monoisotopic (exact) mass is 322 g/mol. The topological polar surface area (TPSA) is 65.7 Å². The van der Waals surface area contributed by atoms with Crippen LogP contribution in [-0.4, -0.2) is 19.7 Å². The minimum absolute atomic E-state index is 0.309. The molecular formula is C17H19FO5. The summed E-state index contributed by atoms with van der Waals surface area (Å²) in [6.45, 7) is 1.36. The second-order valence-electron chi connectivity index (χ2n) is 5.15. The van der Waals surface area contributed by atoms with Crippen LogP contribution in [0.1, 0.15) is 32.1 Å². The van der Waals surface area contributed by atoms with Crippen LogP contribution in [0.25, 0.3) is 11.0 Å². The Bertz CT molecular complexity index is 695. The third-order valence-corrected chi connectivity index (χ3v) is 3.40. The largest absolute Gasteiger partial charge is 0.493 e. The van der Waals surface area contributed by atoms with Crippen molar-refractivity contribution in [3.63, 3.8) is 0 Å². The van der Waals surface area contributed by atoms with Gasteiger partial charge in [-0.3, -0.25) is 4.79 Å². The van der Waals surface area contributed by atoms with Crippen molar-refractivity contribution >= 4 is 17.4 Å². The third-order valence-electron chi connectivity index (χ3n) is 3.40. The Labute approximate surface area is 133 Å². The van der Waals surface area contributed by atoms with Crippen LogP contribution in [0.2, 0.25) is 0 Å². The fourth-order valence-corrected chi connectivity index (χ4v) is 2.27. The number of benzene rings is 1. The first-order chi connectivity index (χ1) is 11.2. The summed E-state index contributed by atoms with van der Waals surface area (Å²) < 4.78 is 28.5. The number of fused-ring (bicyclic) bond motifs is 1. The van der Waals surface area contributed by atoms with Gasteiger partial charge in [0.1, 0.15) is 17.1 Å². The number of rotatable bonds is 10. The molecule has 23 heavy (non-hydrogen) atoms. The molecule has 0 amide bonds. The second-order valence-corrected chi connectivity index (χ2v) is 5.15. The SMILES string of the molecule is O=COCCCCCCCOc1cc(=O)oc2ccc(F)cc12. The van der Waals surface area contributed by atoms with Crippen molar-refractivity contribution in [2.24, 2.45) is 0 Å². The van der Waals surface area contributed by atoms with Crippen LogP contribution in [0.5, 0.6) is 5.75 Å². The molecule has 0 unspecified atom stereocenters. The van der Waals surface area contributed by atoms with Gasteiger partial charge in [0, 0.05) is 0 Å². The summed E-state index contributed by atoms with van der Waals surface area (Å²) in [6.07, 6.45) is 4.64. The third kappa shape index (κ3) is 5.39. The summed E-state index contributed by atoms with van der Waals surface area (Å²) in [5, 5.41) is 0.454. The standard InChI is InChI=1S/C17H19FO5/c18-13-6-7-15-14(10-13)16(11-17(20)23-15)22-9-5-3-1-2-4-8-21-12-19/h6-7,10-12H,1-5,8-9H2. The first kappa shape index (κ1) is 17.0. The Morgan fingerprint density at radius 3 is 2.57 bits per heavy atom. The van der Waals surface area contributed by atoms with E-state index in [0.29, 0.717) is 36.4 Å². The van der Waals surface area contributed by atoms with Gasteiger partial charge in [0.15, 0.2) is 0 Å². The number of unbranched alkanes of at least 4 members (excludes halogenated alkanes) is 4. The van der Waals surface area contributed by atoms with Gasteiger partial charge in [-0.05, 0) is 31.0 Å².